The van der Waals surface area contributed by atoms with Gasteiger partial charge in [0.05, 0.1) is 10.5 Å². The molecule has 1 amide bonds. The number of hydrogen-bond acceptors (Lipinski definition) is 5. The maximum absolute atomic E-state index is 12.2. The number of piperidine rings is 1. The maximum atomic E-state index is 12.2. The van der Waals surface area contributed by atoms with Crippen molar-refractivity contribution in [2.75, 3.05) is 26.2 Å². The molecule has 1 heterocycles. The maximum Gasteiger partial charge on any atom is 0.338 e. The number of carbonyl (C=O) groups is 2. The van der Waals surface area contributed by atoms with Crippen molar-refractivity contribution in [2.45, 2.75) is 32.1 Å². The topological polar surface area (TPSA) is 92.8 Å². The van der Waals surface area contributed by atoms with Crippen molar-refractivity contribution in [3.05, 3.63) is 29.8 Å². The zero-order valence-electron chi connectivity index (χ0n) is 15.4. The number of nitrogens with zero attached hydrogens (tertiary/aromatic N) is 1. The summed E-state index contributed by atoms with van der Waals surface area (Å²) in [6.45, 7) is 7.22. The second-order valence-corrected chi connectivity index (χ2v) is 8.61. The number of hydrogen-bond donors (Lipinski definition) is 1. The van der Waals surface area contributed by atoms with E-state index in [4.69, 9.17) is 4.74 Å². The van der Waals surface area contributed by atoms with Gasteiger partial charge >= 0.3 is 5.97 Å². The summed E-state index contributed by atoms with van der Waals surface area (Å²) in [6, 6.07) is 5.43. The molecule has 2 rings (SSSR count). The minimum absolute atomic E-state index is 0.0725. The standard InChI is InChI=1S/C18H26N2O5S/c1-4-19-26(23,24)16-7-5-15(6-8-16)18(22)25-12-17(21)20-10-13(2)9-14(3)11-20/h5-8,13-14,19H,4,9-12H2,1-3H3/t13-,14-/m0/s1. The number of likely N-dealkylation sites (tertiary alicyclic amines) is 1. The highest BCUT2D eigenvalue weighted by Crippen LogP contribution is 2.21. The van der Waals surface area contributed by atoms with E-state index >= 15 is 0 Å². The van der Waals surface area contributed by atoms with E-state index in [0.717, 1.165) is 6.42 Å². The zero-order chi connectivity index (χ0) is 19.3. The van der Waals surface area contributed by atoms with Crippen molar-refractivity contribution in [2.24, 2.45) is 11.8 Å². The van der Waals surface area contributed by atoms with Gasteiger partial charge in [0.1, 0.15) is 0 Å². The summed E-state index contributed by atoms with van der Waals surface area (Å²) in [6.07, 6.45) is 1.09. The van der Waals surface area contributed by atoms with Gasteiger partial charge in [0.25, 0.3) is 5.91 Å². The van der Waals surface area contributed by atoms with Gasteiger partial charge in [-0.25, -0.2) is 17.9 Å². The molecule has 0 radical (unpaired) electrons. The molecule has 1 N–H and O–H groups in total. The van der Waals surface area contributed by atoms with Crippen molar-refractivity contribution in [1.82, 2.24) is 9.62 Å². The fourth-order valence-electron chi connectivity index (χ4n) is 3.21. The van der Waals surface area contributed by atoms with Crippen LogP contribution in [0.5, 0.6) is 0 Å². The average Bonchev–Trinajstić information content (AvgIpc) is 2.58. The summed E-state index contributed by atoms with van der Waals surface area (Å²) in [5.41, 5.74) is 0.202. The Morgan fingerprint density at radius 1 is 1.15 bits per heavy atom. The van der Waals surface area contributed by atoms with Crippen LogP contribution in [0, 0.1) is 11.8 Å². The van der Waals surface area contributed by atoms with E-state index < -0.39 is 16.0 Å². The van der Waals surface area contributed by atoms with Crippen LogP contribution in [-0.2, 0) is 19.6 Å². The molecule has 0 aliphatic carbocycles. The molecule has 1 aromatic rings. The molecule has 2 atom stereocenters. The predicted molar refractivity (Wildman–Crippen MR) is 97.1 cm³/mol. The van der Waals surface area contributed by atoms with E-state index in [1.54, 1.807) is 11.8 Å². The predicted octanol–water partition coefficient (Wildman–Crippen LogP) is 1.65. The van der Waals surface area contributed by atoms with E-state index in [1.165, 1.54) is 24.3 Å². The van der Waals surface area contributed by atoms with Crippen LogP contribution in [0.1, 0.15) is 37.6 Å². The number of esters is 1. The summed E-state index contributed by atoms with van der Waals surface area (Å²) in [7, 11) is -3.57. The third-order valence-electron chi connectivity index (χ3n) is 4.28. The number of nitrogens with one attached hydrogen (secondary N) is 1. The molecule has 8 heteroatoms. The Morgan fingerprint density at radius 2 is 1.73 bits per heavy atom. The second kappa shape index (κ2) is 8.64. The molecular weight excluding hydrogens is 356 g/mol. The number of amides is 1. The van der Waals surface area contributed by atoms with Crippen molar-refractivity contribution in [1.29, 1.82) is 0 Å². The molecule has 0 unspecified atom stereocenters. The largest absolute Gasteiger partial charge is 0.452 e. The van der Waals surface area contributed by atoms with Crippen LogP contribution in [0.25, 0.3) is 0 Å². The molecule has 144 valence electrons. The van der Waals surface area contributed by atoms with Gasteiger partial charge in [-0.05, 0) is 42.5 Å². The molecule has 1 aliphatic rings. The van der Waals surface area contributed by atoms with Crippen molar-refractivity contribution in [3.8, 4) is 0 Å². The van der Waals surface area contributed by atoms with Gasteiger partial charge in [0.2, 0.25) is 10.0 Å². The molecule has 1 saturated heterocycles. The van der Waals surface area contributed by atoms with Crippen LogP contribution in [-0.4, -0.2) is 51.4 Å². The Balaban J connectivity index is 1.92. The minimum atomic E-state index is -3.57. The second-order valence-electron chi connectivity index (χ2n) is 6.85. The zero-order valence-corrected chi connectivity index (χ0v) is 16.2. The molecule has 0 aromatic heterocycles. The third kappa shape index (κ3) is 5.28. The van der Waals surface area contributed by atoms with E-state index in [2.05, 4.69) is 18.6 Å². The van der Waals surface area contributed by atoms with Crippen LogP contribution in [0.4, 0.5) is 0 Å². The molecule has 0 saturated carbocycles. The quantitative estimate of drug-likeness (QED) is 0.755. The first-order valence-corrected chi connectivity index (χ1v) is 10.3. The van der Waals surface area contributed by atoms with Crippen molar-refractivity contribution < 1.29 is 22.7 Å². The van der Waals surface area contributed by atoms with E-state index in [0.29, 0.717) is 24.9 Å². The Labute approximate surface area is 154 Å². The lowest BCUT2D eigenvalue weighted by molar-refractivity contribution is -0.137. The molecule has 1 aliphatic heterocycles. The van der Waals surface area contributed by atoms with E-state index in [-0.39, 0.29) is 29.5 Å². The Bertz CT molecular complexity index is 735. The Kier molecular flexibility index (Phi) is 6.77. The van der Waals surface area contributed by atoms with Gasteiger partial charge in [-0.15, -0.1) is 0 Å². The lowest BCUT2D eigenvalue weighted by Crippen LogP contribution is -2.44. The van der Waals surface area contributed by atoms with Gasteiger partial charge in [0.15, 0.2) is 6.61 Å². The highest BCUT2D eigenvalue weighted by atomic mass is 32.2. The van der Waals surface area contributed by atoms with Gasteiger partial charge in [-0.2, -0.15) is 0 Å². The Hall–Kier alpha value is -1.93. The monoisotopic (exact) mass is 382 g/mol. The SMILES string of the molecule is CCNS(=O)(=O)c1ccc(C(=O)OCC(=O)N2C[C@@H](C)C[C@H](C)C2)cc1. The average molecular weight is 382 g/mol. The van der Waals surface area contributed by atoms with Crippen LogP contribution in [0.2, 0.25) is 0 Å². The molecule has 26 heavy (non-hydrogen) atoms. The van der Waals surface area contributed by atoms with Crippen LogP contribution < -0.4 is 4.72 Å². The lowest BCUT2D eigenvalue weighted by Gasteiger charge is -2.34. The summed E-state index contributed by atoms with van der Waals surface area (Å²) in [5, 5.41) is 0. The van der Waals surface area contributed by atoms with Crippen LogP contribution in [0.3, 0.4) is 0 Å². The Morgan fingerprint density at radius 3 is 2.27 bits per heavy atom. The van der Waals surface area contributed by atoms with Crippen LogP contribution in [0.15, 0.2) is 29.2 Å². The summed E-state index contributed by atoms with van der Waals surface area (Å²) in [5.74, 6) is 0.0150. The molecular formula is C18H26N2O5S. The summed E-state index contributed by atoms with van der Waals surface area (Å²) >= 11 is 0. The molecule has 0 spiro atoms. The van der Waals surface area contributed by atoms with Crippen LogP contribution >= 0.6 is 0 Å². The third-order valence-corrected chi connectivity index (χ3v) is 5.84. The molecule has 0 bridgehead atoms. The number of sulfonamides is 1. The first-order valence-electron chi connectivity index (χ1n) is 8.77. The van der Waals surface area contributed by atoms with E-state index in [9.17, 15) is 18.0 Å². The first kappa shape index (κ1) is 20.4. The van der Waals surface area contributed by atoms with Crippen molar-refractivity contribution >= 4 is 21.9 Å². The molecule has 1 aromatic carbocycles. The number of rotatable bonds is 6. The van der Waals surface area contributed by atoms with Gasteiger partial charge in [-0.3, -0.25) is 4.79 Å². The summed E-state index contributed by atoms with van der Waals surface area (Å²) in [4.78, 5) is 26.1. The first-order chi connectivity index (χ1) is 12.2. The van der Waals surface area contributed by atoms with Gasteiger partial charge < -0.3 is 9.64 Å². The highest BCUT2D eigenvalue weighted by molar-refractivity contribution is 7.89. The fourth-order valence-corrected chi connectivity index (χ4v) is 4.25. The normalized spacial score (nSPS) is 20.7. The van der Waals surface area contributed by atoms with Gasteiger partial charge in [0, 0.05) is 19.6 Å². The smallest absolute Gasteiger partial charge is 0.338 e. The fraction of sp³-hybridized carbons (Fsp3) is 0.556. The van der Waals surface area contributed by atoms with Crippen molar-refractivity contribution in [3.63, 3.8) is 0 Å². The number of carbonyl (C=O) groups excluding carboxylic acids is 2. The lowest BCUT2D eigenvalue weighted by atomic mass is 9.92. The minimum Gasteiger partial charge on any atom is -0.452 e. The van der Waals surface area contributed by atoms with E-state index in [1.807, 2.05) is 0 Å². The number of ether oxygens (including phenoxy) is 1. The molecule has 1 fully saturated rings. The highest BCUT2D eigenvalue weighted by Gasteiger charge is 2.26. The number of benzene rings is 1. The molecule has 7 nitrogen and oxygen atoms in total. The summed E-state index contributed by atoms with van der Waals surface area (Å²) < 4.78 is 31.2. The van der Waals surface area contributed by atoms with Gasteiger partial charge in [-0.1, -0.05) is 20.8 Å².